The maximum absolute atomic E-state index is 10.8. The summed E-state index contributed by atoms with van der Waals surface area (Å²) in [4.78, 5) is 0. The summed E-state index contributed by atoms with van der Waals surface area (Å²) in [5.41, 5.74) is 0.0687. The molecule has 0 fully saturated rings. The number of phenolic OH excluding ortho intramolecular Hbond substituents is 1. The van der Waals surface area contributed by atoms with Crippen LogP contribution in [0.2, 0.25) is 0 Å². The van der Waals surface area contributed by atoms with Crippen molar-refractivity contribution in [2.24, 2.45) is 10.2 Å². The van der Waals surface area contributed by atoms with Crippen LogP contribution >= 0.6 is 7.05 Å². The van der Waals surface area contributed by atoms with Crippen LogP contribution in [0.1, 0.15) is 20.8 Å². The van der Waals surface area contributed by atoms with Crippen LogP contribution in [0.3, 0.4) is 0 Å². The summed E-state index contributed by atoms with van der Waals surface area (Å²) in [7, 11) is -2.31. The van der Waals surface area contributed by atoms with Gasteiger partial charge < -0.3 is 5.11 Å². The van der Waals surface area contributed by atoms with Gasteiger partial charge in [-0.15, -0.1) is 0 Å². The first-order chi connectivity index (χ1) is 12.4. The third-order valence-corrected chi connectivity index (χ3v) is 7.98. The zero-order valence-electron chi connectivity index (χ0n) is 15.6. The van der Waals surface area contributed by atoms with Gasteiger partial charge in [0.1, 0.15) is 5.75 Å². The van der Waals surface area contributed by atoms with Crippen LogP contribution in [0.5, 0.6) is 5.75 Å². The fourth-order valence-corrected chi connectivity index (χ4v) is 6.90. The van der Waals surface area contributed by atoms with Crippen molar-refractivity contribution in [3.63, 3.8) is 0 Å². The van der Waals surface area contributed by atoms with Gasteiger partial charge in [0.05, 0.1) is 7.05 Å². The van der Waals surface area contributed by atoms with E-state index in [4.69, 9.17) is 4.74 Å². The van der Waals surface area contributed by atoms with Crippen LogP contribution in [-0.2, 0) is 0 Å². The minimum Gasteiger partial charge on any atom is -0.507 e. The van der Waals surface area contributed by atoms with Crippen molar-refractivity contribution < 1.29 is 5.11 Å². The second-order valence-corrected chi connectivity index (χ2v) is 10.7. The number of benzene rings is 3. The molecule has 0 aliphatic rings. The monoisotopic (exact) mass is 363 g/mol. The van der Waals surface area contributed by atoms with Crippen LogP contribution in [0, 0.1) is 5.41 Å². The highest BCUT2D eigenvalue weighted by molar-refractivity contribution is 7.87. The second kappa shape index (κ2) is 7.51. The zero-order valence-corrected chi connectivity index (χ0v) is 16.5. The van der Waals surface area contributed by atoms with Crippen molar-refractivity contribution >= 4 is 23.0 Å². The van der Waals surface area contributed by atoms with Gasteiger partial charge >= 0.3 is 0 Å². The number of rotatable bonds is 4. The summed E-state index contributed by atoms with van der Waals surface area (Å²) in [5, 5.41) is 14.0. The van der Waals surface area contributed by atoms with E-state index in [9.17, 15) is 5.11 Å². The van der Waals surface area contributed by atoms with Crippen LogP contribution in [0.25, 0.3) is 0 Å². The molecule has 0 atom stereocenters. The predicted octanol–water partition coefficient (Wildman–Crippen LogP) is 4.92. The Balaban J connectivity index is 2.41. The van der Waals surface area contributed by atoms with Gasteiger partial charge in [-0.2, -0.15) is 0 Å². The molecule has 0 aliphatic carbocycles. The Morgan fingerprint density at radius 1 is 0.731 bits per heavy atom. The molecule has 0 saturated heterocycles. The highest BCUT2D eigenvalue weighted by Gasteiger charge is 2.30. The lowest BCUT2D eigenvalue weighted by Crippen LogP contribution is -2.27. The van der Waals surface area contributed by atoms with E-state index < -0.39 is 7.05 Å². The summed E-state index contributed by atoms with van der Waals surface area (Å²) in [5.74, 6) is 0.311. The van der Waals surface area contributed by atoms with Crippen molar-refractivity contribution in [3.8, 4) is 5.75 Å². The van der Waals surface area contributed by atoms with Crippen LogP contribution in [-0.4, -0.2) is 11.7 Å². The summed E-state index contributed by atoms with van der Waals surface area (Å²) >= 11 is 0. The Bertz CT molecular complexity index is 868. The number of hydrogen-bond donors (Lipinski definition) is 1. The van der Waals surface area contributed by atoms with Crippen LogP contribution < -0.4 is 15.9 Å². The van der Waals surface area contributed by atoms with Gasteiger partial charge in [0.15, 0.2) is 0 Å². The maximum Gasteiger partial charge on any atom is 0.125 e. The van der Waals surface area contributed by atoms with E-state index in [0.29, 0.717) is 5.75 Å². The molecule has 2 nitrogen and oxygen atoms in total. The van der Waals surface area contributed by atoms with Gasteiger partial charge in [-0.3, -0.25) is 4.74 Å². The normalized spacial score (nSPS) is 12.0. The van der Waals surface area contributed by atoms with Crippen molar-refractivity contribution in [2.45, 2.75) is 20.8 Å². The third-order valence-electron chi connectivity index (χ3n) is 4.25. The molecule has 0 aromatic heterocycles. The lowest BCUT2D eigenvalue weighted by Gasteiger charge is -2.29. The first-order valence-electron chi connectivity index (χ1n) is 8.91. The minimum atomic E-state index is -2.31. The maximum atomic E-state index is 10.8. The molecule has 3 heteroatoms. The van der Waals surface area contributed by atoms with Crippen molar-refractivity contribution in [1.82, 2.24) is 0 Å². The molecular formula is C23H26NOP. The first kappa shape index (κ1) is 18.5. The average Bonchev–Trinajstić information content (AvgIpc) is 2.64. The van der Waals surface area contributed by atoms with Crippen LogP contribution in [0.4, 0.5) is 0 Å². The lowest BCUT2D eigenvalue weighted by atomic mass is 9.98. The fourth-order valence-electron chi connectivity index (χ4n) is 3.01. The molecule has 0 amide bonds. The minimum absolute atomic E-state index is 0.0687. The molecule has 1 N–H and O–H groups in total. The molecule has 26 heavy (non-hydrogen) atoms. The smallest absolute Gasteiger partial charge is 0.125 e. The molecule has 0 saturated carbocycles. The van der Waals surface area contributed by atoms with E-state index in [0.717, 1.165) is 22.5 Å². The fraction of sp³-hybridized carbons (Fsp3) is 0.217. The quantitative estimate of drug-likeness (QED) is 0.656. The van der Waals surface area contributed by atoms with Crippen molar-refractivity contribution in [3.05, 3.63) is 84.9 Å². The van der Waals surface area contributed by atoms with E-state index in [-0.39, 0.29) is 5.41 Å². The summed E-state index contributed by atoms with van der Waals surface area (Å²) in [6.07, 6.45) is 0. The molecular weight excluding hydrogens is 337 g/mol. The lowest BCUT2D eigenvalue weighted by molar-refractivity contribution is 0.431. The van der Waals surface area contributed by atoms with Gasteiger partial charge in [-0.25, -0.2) is 0 Å². The Hall–Kier alpha value is -2.31. The highest BCUT2D eigenvalue weighted by Crippen LogP contribution is 2.49. The predicted molar refractivity (Wildman–Crippen MR) is 114 cm³/mol. The van der Waals surface area contributed by atoms with Gasteiger partial charge in [0.25, 0.3) is 0 Å². The molecule has 3 rings (SSSR count). The summed E-state index contributed by atoms with van der Waals surface area (Å²) in [6.45, 7) is 7.32. The second-order valence-electron chi connectivity index (χ2n) is 7.66. The molecule has 3 aromatic carbocycles. The molecule has 0 unspecified atom stereocenters. The molecule has 3 aromatic rings. The zero-order chi connectivity index (χ0) is 18.6. The molecule has 0 radical (unpaired) electrons. The van der Waals surface area contributed by atoms with E-state index in [2.05, 4.69) is 69.3 Å². The largest absolute Gasteiger partial charge is 0.507 e. The highest BCUT2D eigenvalue weighted by atomic mass is 31.2. The average molecular weight is 363 g/mol. The standard InChI is InChI=1S/C23H26NOP/c1-23(2,3)18-24-26(19-12-6-4-7-13-19,20-14-8-5-9-15-20)22-17-11-10-16-21(22)25/h4-17,25H,18H2,1-3H3. The number of para-hydroxylation sites is 1. The molecule has 0 spiro atoms. The van der Waals surface area contributed by atoms with Crippen LogP contribution in [0.15, 0.2) is 89.7 Å². The van der Waals surface area contributed by atoms with E-state index in [1.807, 2.05) is 30.3 Å². The van der Waals surface area contributed by atoms with Crippen molar-refractivity contribution in [1.29, 1.82) is 0 Å². The summed E-state index contributed by atoms with van der Waals surface area (Å²) < 4.78 is 5.35. The Morgan fingerprint density at radius 3 is 1.65 bits per heavy atom. The van der Waals surface area contributed by atoms with E-state index in [1.54, 1.807) is 6.07 Å². The van der Waals surface area contributed by atoms with Crippen molar-refractivity contribution in [2.75, 3.05) is 6.54 Å². The number of phenols is 1. The number of nitrogens with zero attached hydrogens (tertiary/aromatic N) is 1. The van der Waals surface area contributed by atoms with E-state index in [1.165, 1.54) is 0 Å². The Kier molecular flexibility index (Phi) is 5.34. The summed E-state index contributed by atoms with van der Waals surface area (Å²) in [6, 6.07) is 28.5. The number of aromatic hydroxyl groups is 1. The van der Waals surface area contributed by atoms with Gasteiger partial charge in [0.2, 0.25) is 0 Å². The van der Waals surface area contributed by atoms with E-state index >= 15 is 0 Å². The molecule has 0 bridgehead atoms. The van der Waals surface area contributed by atoms with Gasteiger partial charge in [0, 0.05) is 22.5 Å². The Morgan fingerprint density at radius 2 is 1.19 bits per heavy atom. The molecule has 0 aliphatic heterocycles. The van der Waals surface area contributed by atoms with Gasteiger partial charge in [-0.1, -0.05) is 93.6 Å². The third kappa shape index (κ3) is 3.76. The Labute approximate surface area is 156 Å². The first-order valence-corrected chi connectivity index (χ1v) is 10.7. The topological polar surface area (TPSA) is 32.6 Å². The molecule has 0 heterocycles. The SMILES string of the molecule is CC(C)(C)CN=P(c1ccccc1)(c1ccccc1)c1ccccc1O. The van der Waals surface area contributed by atoms with Gasteiger partial charge in [-0.05, 0) is 17.5 Å². The number of hydrogen-bond acceptors (Lipinski definition) is 2. The molecule has 134 valence electrons.